The molecule has 0 saturated carbocycles. The fourth-order valence-electron chi connectivity index (χ4n) is 2.15. The zero-order valence-corrected chi connectivity index (χ0v) is 13.6. The SMILES string of the molecule is CS(=O)(=O)NC1CCN(c2ncc(Cl)cc2Br)CC1. The Hall–Kier alpha value is -0.370. The van der Waals surface area contributed by atoms with Crippen LogP contribution in [0.25, 0.3) is 0 Å². The van der Waals surface area contributed by atoms with Gasteiger partial charge in [-0.3, -0.25) is 0 Å². The second-order valence-electron chi connectivity index (χ2n) is 4.61. The molecule has 0 spiro atoms. The molecule has 8 heteroatoms. The van der Waals surface area contributed by atoms with Crippen LogP contribution in [0.2, 0.25) is 5.02 Å². The van der Waals surface area contributed by atoms with E-state index in [9.17, 15) is 8.42 Å². The maximum Gasteiger partial charge on any atom is 0.208 e. The third kappa shape index (κ3) is 4.30. The molecule has 1 aromatic heterocycles. The zero-order valence-electron chi connectivity index (χ0n) is 10.4. The van der Waals surface area contributed by atoms with Gasteiger partial charge in [0.05, 0.1) is 15.8 Å². The monoisotopic (exact) mass is 367 g/mol. The first kappa shape index (κ1) is 15.0. The van der Waals surface area contributed by atoms with E-state index in [-0.39, 0.29) is 6.04 Å². The molecule has 0 atom stereocenters. The van der Waals surface area contributed by atoms with Crippen LogP contribution in [0.5, 0.6) is 0 Å². The second kappa shape index (κ2) is 5.95. The number of halogens is 2. The molecule has 106 valence electrons. The Morgan fingerprint density at radius 1 is 1.47 bits per heavy atom. The maximum atomic E-state index is 11.2. The van der Waals surface area contributed by atoms with Crippen molar-refractivity contribution in [3.8, 4) is 0 Å². The minimum atomic E-state index is -3.13. The largest absolute Gasteiger partial charge is 0.356 e. The molecule has 2 rings (SSSR count). The van der Waals surface area contributed by atoms with Crippen LogP contribution in [0.15, 0.2) is 16.7 Å². The van der Waals surface area contributed by atoms with Gasteiger partial charge < -0.3 is 4.90 Å². The first-order valence-corrected chi connectivity index (χ1v) is 8.95. The molecule has 0 radical (unpaired) electrons. The summed E-state index contributed by atoms with van der Waals surface area (Å²) in [6.07, 6.45) is 4.34. The molecule has 0 amide bonds. The molecular weight excluding hydrogens is 354 g/mol. The first-order valence-electron chi connectivity index (χ1n) is 5.88. The number of pyridine rings is 1. The molecule has 2 heterocycles. The highest BCUT2D eigenvalue weighted by Gasteiger charge is 2.23. The number of sulfonamides is 1. The first-order chi connectivity index (χ1) is 8.85. The highest BCUT2D eigenvalue weighted by atomic mass is 79.9. The Kier molecular flexibility index (Phi) is 4.70. The van der Waals surface area contributed by atoms with Gasteiger partial charge in [-0.2, -0.15) is 0 Å². The van der Waals surface area contributed by atoms with Gasteiger partial charge in [-0.15, -0.1) is 0 Å². The molecule has 1 N–H and O–H groups in total. The molecule has 1 fully saturated rings. The topological polar surface area (TPSA) is 62.3 Å². The second-order valence-corrected chi connectivity index (χ2v) is 7.68. The van der Waals surface area contributed by atoms with Gasteiger partial charge in [0.2, 0.25) is 10.0 Å². The van der Waals surface area contributed by atoms with E-state index in [4.69, 9.17) is 11.6 Å². The molecule has 0 aliphatic carbocycles. The summed E-state index contributed by atoms with van der Waals surface area (Å²) >= 11 is 9.31. The van der Waals surface area contributed by atoms with Gasteiger partial charge in [-0.25, -0.2) is 18.1 Å². The summed E-state index contributed by atoms with van der Waals surface area (Å²) in [4.78, 5) is 6.44. The molecular formula is C11H15BrClN3O2S. The molecule has 1 aromatic rings. The lowest BCUT2D eigenvalue weighted by molar-refractivity contribution is 0.459. The third-order valence-corrected chi connectivity index (χ3v) is 4.52. The molecule has 0 aromatic carbocycles. The number of piperidine rings is 1. The van der Waals surface area contributed by atoms with Crippen molar-refractivity contribution in [1.29, 1.82) is 0 Å². The summed E-state index contributed by atoms with van der Waals surface area (Å²) in [7, 11) is -3.13. The summed E-state index contributed by atoms with van der Waals surface area (Å²) < 4.78 is 25.9. The van der Waals surface area contributed by atoms with E-state index in [0.29, 0.717) is 5.02 Å². The molecule has 1 aliphatic heterocycles. The van der Waals surface area contributed by atoms with Gasteiger partial charge in [0.25, 0.3) is 0 Å². The lowest BCUT2D eigenvalue weighted by atomic mass is 10.1. The van der Waals surface area contributed by atoms with E-state index in [1.807, 2.05) is 6.07 Å². The smallest absolute Gasteiger partial charge is 0.208 e. The van der Waals surface area contributed by atoms with Crippen molar-refractivity contribution in [2.24, 2.45) is 0 Å². The quantitative estimate of drug-likeness (QED) is 0.886. The Morgan fingerprint density at radius 3 is 2.63 bits per heavy atom. The Labute approximate surface area is 126 Å². The van der Waals surface area contributed by atoms with Crippen LogP contribution in [-0.2, 0) is 10.0 Å². The third-order valence-electron chi connectivity index (χ3n) is 2.96. The van der Waals surface area contributed by atoms with E-state index < -0.39 is 10.0 Å². The van der Waals surface area contributed by atoms with Crippen molar-refractivity contribution in [2.75, 3.05) is 24.2 Å². The maximum absolute atomic E-state index is 11.2. The van der Waals surface area contributed by atoms with E-state index in [1.165, 1.54) is 6.26 Å². The molecule has 0 unspecified atom stereocenters. The predicted molar refractivity (Wildman–Crippen MR) is 80.2 cm³/mol. The summed E-state index contributed by atoms with van der Waals surface area (Å²) in [5, 5.41) is 0.587. The number of hydrogen-bond acceptors (Lipinski definition) is 4. The van der Waals surface area contributed by atoms with E-state index in [1.54, 1.807) is 6.20 Å². The fraction of sp³-hybridized carbons (Fsp3) is 0.545. The van der Waals surface area contributed by atoms with Crippen LogP contribution in [-0.4, -0.2) is 38.8 Å². The highest BCUT2D eigenvalue weighted by Crippen LogP contribution is 2.28. The number of nitrogens with one attached hydrogen (secondary N) is 1. The van der Waals surface area contributed by atoms with E-state index >= 15 is 0 Å². The average Bonchev–Trinajstić information content (AvgIpc) is 2.28. The average molecular weight is 369 g/mol. The lowest BCUT2D eigenvalue weighted by Crippen LogP contribution is -2.44. The molecule has 1 saturated heterocycles. The molecule has 19 heavy (non-hydrogen) atoms. The summed E-state index contributed by atoms with van der Waals surface area (Å²) in [5.41, 5.74) is 0. The summed E-state index contributed by atoms with van der Waals surface area (Å²) in [6, 6.07) is 1.82. The van der Waals surface area contributed by atoms with Crippen LogP contribution < -0.4 is 9.62 Å². The van der Waals surface area contributed by atoms with Crippen molar-refractivity contribution in [3.63, 3.8) is 0 Å². The lowest BCUT2D eigenvalue weighted by Gasteiger charge is -2.33. The molecule has 0 bridgehead atoms. The minimum Gasteiger partial charge on any atom is -0.356 e. The van der Waals surface area contributed by atoms with Crippen LogP contribution in [0.4, 0.5) is 5.82 Å². The van der Waals surface area contributed by atoms with Crippen LogP contribution >= 0.6 is 27.5 Å². The molecule has 5 nitrogen and oxygen atoms in total. The van der Waals surface area contributed by atoms with Gasteiger partial charge in [0.1, 0.15) is 5.82 Å². The van der Waals surface area contributed by atoms with Crippen molar-refractivity contribution < 1.29 is 8.42 Å². The highest BCUT2D eigenvalue weighted by molar-refractivity contribution is 9.10. The van der Waals surface area contributed by atoms with Gasteiger partial charge in [0, 0.05) is 25.3 Å². The summed E-state index contributed by atoms with van der Waals surface area (Å²) in [6.45, 7) is 1.53. The number of aromatic nitrogens is 1. The van der Waals surface area contributed by atoms with Crippen molar-refractivity contribution in [2.45, 2.75) is 18.9 Å². The van der Waals surface area contributed by atoms with Crippen LogP contribution in [0.3, 0.4) is 0 Å². The fourth-order valence-corrected chi connectivity index (χ4v) is 3.88. The van der Waals surface area contributed by atoms with Gasteiger partial charge in [0.15, 0.2) is 0 Å². The zero-order chi connectivity index (χ0) is 14.0. The van der Waals surface area contributed by atoms with E-state index in [2.05, 4.69) is 30.5 Å². The number of nitrogens with zero attached hydrogens (tertiary/aromatic N) is 2. The number of anilines is 1. The standard InChI is InChI=1S/C11H15BrClN3O2S/c1-19(17,18)15-9-2-4-16(5-3-9)11-10(12)6-8(13)7-14-11/h6-7,9,15H,2-5H2,1H3. The summed E-state index contributed by atoms with van der Waals surface area (Å²) in [5.74, 6) is 0.849. The normalized spacial score (nSPS) is 17.7. The number of hydrogen-bond donors (Lipinski definition) is 1. The number of rotatable bonds is 3. The van der Waals surface area contributed by atoms with Crippen molar-refractivity contribution in [3.05, 3.63) is 21.8 Å². The van der Waals surface area contributed by atoms with Crippen LogP contribution in [0.1, 0.15) is 12.8 Å². The Bertz CT molecular complexity index is 559. The van der Waals surface area contributed by atoms with Gasteiger partial charge in [-0.1, -0.05) is 11.6 Å². The Morgan fingerprint density at radius 2 is 2.11 bits per heavy atom. The van der Waals surface area contributed by atoms with Gasteiger partial charge >= 0.3 is 0 Å². The molecule has 1 aliphatic rings. The Balaban J connectivity index is 2.00. The predicted octanol–water partition coefficient (Wildman–Crippen LogP) is 2.02. The van der Waals surface area contributed by atoms with Crippen LogP contribution in [0, 0.1) is 0 Å². The minimum absolute atomic E-state index is 0.0114. The van der Waals surface area contributed by atoms with Crippen molar-refractivity contribution >= 4 is 43.4 Å². The van der Waals surface area contributed by atoms with E-state index in [0.717, 1.165) is 36.2 Å². The van der Waals surface area contributed by atoms with Crippen molar-refractivity contribution in [1.82, 2.24) is 9.71 Å². The van der Waals surface area contributed by atoms with Gasteiger partial charge in [-0.05, 0) is 34.8 Å².